The summed E-state index contributed by atoms with van der Waals surface area (Å²) < 4.78 is 11.5. The summed E-state index contributed by atoms with van der Waals surface area (Å²) in [5.41, 5.74) is 0.820. The van der Waals surface area contributed by atoms with E-state index in [9.17, 15) is 19.8 Å². The van der Waals surface area contributed by atoms with Gasteiger partial charge in [0, 0.05) is 23.8 Å². The third kappa shape index (κ3) is 3.29. The molecule has 2 aromatic rings. The normalized spacial score (nSPS) is 34.8. The van der Waals surface area contributed by atoms with Gasteiger partial charge >= 0.3 is 0 Å². The predicted molar refractivity (Wildman–Crippen MR) is 112 cm³/mol. The first-order valence-electron chi connectivity index (χ1n) is 10.5. The summed E-state index contributed by atoms with van der Waals surface area (Å²) in [6, 6.07) is 10.5. The molecule has 7 nitrogen and oxygen atoms in total. The average Bonchev–Trinajstić information content (AvgIpc) is 3.44. The first-order valence-corrected chi connectivity index (χ1v) is 11.4. The van der Waals surface area contributed by atoms with Gasteiger partial charge in [0.15, 0.2) is 5.79 Å². The molecular formula is C23H25NO6S. The Kier molecular flexibility index (Phi) is 5.13. The second kappa shape index (κ2) is 7.70. The number of aromatic hydroxyl groups is 1. The maximum Gasteiger partial charge on any atom is 0.233 e. The van der Waals surface area contributed by atoms with Crippen LogP contribution in [0.3, 0.4) is 0 Å². The van der Waals surface area contributed by atoms with Crippen LogP contribution in [0.25, 0.3) is 0 Å². The summed E-state index contributed by atoms with van der Waals surface area (Å²) in [5, 5.41) is 23.2. The minimum atomic E-state index is -1.55. The number of phenolic OH excluding ortho intramolecular Hbond substituents is 1. The van der Waals surface area contributed by atoms with E-state index < -0.39 is 35.6 Å². The van der Waals surface area contributed by atoms with Crippen molar-refractivity contribution in [3.8, 4) is 5.75 Å². The molecule has 3 heterocycles. The van der Waals surface area contributed by atoms with Crippen LogP contribution in [0.5, 0.6) is 5.75 Å². The minimum Gasteiger partial charge on any atom is -0.508 e. The van der Waals surface area contributed by atoms with Crippen LogP contribution in [-0.2, 0) is 25.6 Å². The lowest BCUT2D eigenvalue weighted by molar-refractivity contribution is -0.275. The molecule has 3 aliphatic rings. The Morgan fingerprint density at radius 2 is 1.97 bits per heavy atom. The van der Waals surface area contributed by atoms with Crippen molar-refractivity contribution < 1.29 is 29.3 Å². The van der Waals surface area contributed by atoms with Gasteiger partial charge < -0.3 is 19.7 Å². The van der Waals surface area contributed by atoms with E-state index in [4.69, 9.17) is 9.47 Å². The van der Waals surface area contributed by atoms with Crippen LogP contribution in [0.1, 0.15) is 29.4 Å². The van der Waals surface area contributed by atoms with Crippen molar-refractivity contribution in [3.63, 3.8) is 0 Å². The van der Waals surface area contributed by atoms with Gasteiger partial charge in [0.2, 0.25) is 11.8 Å². The summed E-state index contributed by atoms with van der Waals surface area (Å²) in [5.74, 6) is -3.78. The maximum absolute atomic E-state index is 13.4. The van der Waals surface area contributed by atoms with Crippen molar-refractivity contribution in [1.82, 2.24) is 4.90 Å². The van der Waals surface area contributed by atoms with Crippen molar-refractivity contribution in [1.29, 1.82) is 0 Å². The molecule has 0 radical (unpaired) electrons. The van der Waals surface area contributed by atoms with Crippen molar-refractivity contribution in [3.05, 3.63) is 52.2 Å². The number of aliphatic hydroxyl groups is 1. The monoisotopic (exact) mass is 443 g/mol. The SMILES string of the molecule is COC[C@H]1C[C@@H]2C(=O)N(Cc3cccs3)C(=O)[C@@H]2[C@@H]2C[C@@H](c3ccc(O)cc3)O[C@]12O. The number of rotatable bonds is 5. The van der Waals surface area contributed by atoms with E-state index in [1.807, 2.05) is 17.5 Å². The standard InChI is InChI=1S/C23H25NO6S/c1-29-12-14-9-17-20(22(27)24(21(17)26)11-16-3-2-8-31-16)18-10-19(30-23(14,18)28)13-4-6-15(25)7-5-13/h2-8,14,17-20,25,28H,9-12H2,1H3/t14-,17+,18+,19+,20+,23-/m1/s1. The zero-order valence-electron chi connectivity index (χ0n) is 17.1. The number of phenols is 1. The Hall–Kier alpha value is -2.26. The molecule has 8 heteroatoms. The van der Waals surface area contributed by atoms with E-state index in [0.29, 0.717) is 12.8 Å². The molecule has 1 aliphatic carbocycles. The maximum atomic E-state index is 13.4. The minimum absolute atomic E-state index is 0.149. The van der Waals surface area contributed by atoms with E-state index in [1.54, 1.807) is 31.4 Å². The Morgan fingerprint density at radius 1 is 1.19 bits per heavy atom. The largest absolute Gasteiger partial charge is 0.508 e. The molecule has 2 amide bonds. The number of imide groups is 1. The number of carbonyl (C=O) groups excluding carboxylic acids is 2. The summed E-state index contributed by atoms with van der Waals surface area (Å²) in [6.45, 7) is 0.510. The first-order chi connectivity index (χ1) is 14.9. The van der Waals surface area contributed by atoms with Crippen LogP contribution >= 0.6 is 11.3 Å². The number of ether oxygens (including phenoxy) is 2. The zero-order valence-corrected chi connectivity index (χ0v) is 18.0. The summed E-state index contributed by atoms with van der Waals surface area (Å²) in [7, 11) is 1.56. The van der Waals surface area contributed by atoms with Gasteiger partial charge in [-0.05, 0) is 42.0 Å². The summed E-state index contributed by atoms with van der Waals surface area (Å²) >= 11 is 1.51. The third-order valence-corrected chi connectivity index (χ3v) is 7.84. The molecule has 1 aromatic heterocycles. The molecule has 1 aromatic carbocycles. The van der Waals surface area contributed by atoms with Crippen LogP contribution < -0.4 is 0 Å². The molecule has 164 valence electrons. The molecule has 3 fully saturated rings. The zero-order chi connectivity index (χ0) is 21.8. The van der Waals surface area contributed by atoms with Gasteiger partial charge in [-0.25, -0.2) is 0 Å². The highest BCUT2D eigenvalue weighted by atomic mass is 32.1. The highest BCUT2D eigenvalue weighted by Crippen LogP contribution is 2.58. The summed E-state index contributed by atoms with van der Waals surface area (Å²) in [4.78, 5) is 28.9. The Morgan fingerprint density at radius 3 is 2.65 bits per heavy atom. The Labute approximate surface area is 184 Å². The van der Waals surface area contributed by atoms with Crippen molar-refractivity contribution in [2.75, 3.05) is 13.7 Å². The van der Waals surface area contributed by atoms with Crippen LogP contribution in [0, 0.1) is 23.7 Å². The fraction of sp³-hybridized carbons (Fsp3) is 0.478. The summed E-state index contributed by atoms with van der Waals surface area (Å²) in [6.07, 6.45) is 0.344. The Balaban J connectivity index is 1.48. The topological polar surface area (TPSA) is 96.3 Å². The molecule has 2 aliphatic heterocycles. The lowest BCUT2D eigenvalue weighted by Gasteiger charge is -2.44. The van der Waals surface area contributed by atoms with Crippen LogP contribution in [-0.4, -0.2) is 46.4 Å². The highest BCUT2D eigenvalue weighted by Gasteiger charge is 2.66. The van der Waals surface area contributed by atoms with Gasteiger partial charge in [0.1, 0.15) is 5.75 Å². The molecule has 0 spiro atoms. The molecule has 2 N–H and O–H groups in total. The van der Waals surface area contributed by atoms with E-state index in [1.165, 1.54) is 16.2 Å². The van der Waals surface area contributed by atoms with Gasteiger partial charge in [-0.1, -0.05) is 18.2 Å². The van der Waals surface area contributed by atoms with Crippen LogP contribution in [0.15, 0.2) is 41.8 Å². The quantitative estimate of drug-likeness (QED) is 0.690. The number of carbonyl (C=O) groups is 2. The van der Waals surface area contributed by atoms with Gasteiger partial charge in [0.25, 0.3) is 0 Å². The number of hydrogen-bond acceptors (Lipinski definition) is 7. The number of amides is 2. The van der Waals surface area contributed by atoms with Gasteiger partial charge in [-0.3, -0.25) is 14.5 Å². The van der Waals surface area contributed by atoms with Gasteiger partial charge in [-0.2, -0.15) is 0 Å². The fourth-order valence-electron chi connectivity index (χ4n) is 5.55. The smallest absolute Gasteiger partial charge is 0.233 e. The number of hydrogen-bond donors (Lipinski definition) is 2. The molecular weight excluding hydrogens is 418 g/mol. The van der Waals surface area contributed by atoms with Gasteiger partial charge in [-0.15, -0.1) is 11.3 Å². The molecule has 0 bridgehead atoms. The van der Waals surface area contributed by atoms with Crippen molar-refractivity contribution in [2.45, 2.75) is 31.3 Å². The number of methoxy groups -OCH3 is 1. The lowest BCUT2D eigenvalue weighted by Crippen LogP contribution is -2.54. The third-order valence-electron chi connectivity index (χ3n) is 6.98. The number of fused-ring (bicyclic) bond motifs is 3. The van der Waals surface area contributed by atoms with Crippen LogP contribution in [0.2, 0.25) is 0 Å². The van der Waals surface area contributed by atoms with Gasteiger partial charge in [0.05, 0.1) is 31.1 Å². The molecule has 31 heavy (non-hydrogen) atoms. The van der Waals surface area contributed by atoms with E-state index in [0.717, 1.165) is 10.4 Å². The first kappa shape index (κ1) is 20.6. The predicted octanol–water partition coefficient (Wildman–Crippen LogP) is 2.69. The number of nitrogens with zero attached hydrogens (tertiary/aromatic N) is 1. The second-order valence-corrected chi connectivity index (χ2v) is 9.69. The van der Waals surface area contributed by atoms with Crippen molar-refractivity contribution in [2.24, 2.45) is 23.7 Å². The average molecular weight is 444 g/mol. The molecule has 6 atom stereocenters. The molecule has 5 rings (SSSR count). The molecule has 2 saturated heterocycles. The van der Waals surface area contributed by atoms with Crippen LogP contribution in [0.4, 0.5) is 0 Å². The van der Waals surface area contributed by atoms with E-state index in [-0.39, 0.29) is 30.7 Å². The highest BCUT2D eigenvalue weighted by molar-refractivity contribution is 7.09. The molecule has 1 saturated carbocycles. The Bertz CT molecular complexity index is 976. The van der Waals surface area contributed by atoms with E-state index in [2.05, 4.69) is 0 Å². The second-order valence-electron chi connectivity index (χ2n) is 8.65. The van der Waals surface area contributed by atoms with Crippen molar-refractivity contribution >= 4 is 23.2 Å². The fourth-order valence-corrected chi connectivity index (χ4v) is 6.24. The number of benzene rings is 1. The molecule has 0 unspecified atom stereocenters. The number of likely N-dealkylation sites (tertiary alicyclic amines) is 1. The number of thiophene rings is 1. The lowest BCUT2D eigenvalue weighted by atomic mass is 9.64. The van der Waals surface area contributed by atoms with E-state index >= 15 is 0 Å².